The molecule has 0 bridgehead atoms. The highest BCUT2D eigenvalue weighted by Crippen LogP contribution is 2.30. The van der Waals surface area contributed by atoms with Crippen molar-refractivity contribution in [3.8, 4) is 22.6 Å². The Morgan fingerprint density at radius 2 is 1.72 bits per heavy atom. The average molecular weight is 433 g/mol. The number of nitrogens with one attached hydrogen (secondary N) is 1. The van der Waals surface area contributed by atoms with Crippen LogP contribution in [0.5, 0.6) is 11.5 Å². The maximum Gasteiger partial charge on any atom is 0.229 e. The third kappa shape index (κ3) is 4.82. The van der Waals surface area contributed by atoms with Crippen molar-refractivity contribution in [3.05, 3.63) is 60.4 Å². The predicted molar refractivity (Wildman–Crippen MR) is 125 cm³/mol. The van der Waals surface area contributed by atoms with Crippen molar-refractivity contribution in [1.29, 1.82) is 0 Å². The van der Waals surface area contributed by atoms with Crippen LogP contribution in [0.3, 0.4) is 0 Å². The van der Waals surface area contributed by atoms with E-state index in [9.17, 15) is 4.79 Å². The van der Waals surface area contributed by atoms with E-state index in [0.717, 1.165) is 30.5 Å². The van der Waals surface area contributed by atoms with Gasteiger partial charge in [0.2, 0.25) is 11.9 Å². The van der Waals surface area contributed by atoms with Crippen LogP contribution in [0.15, 0.2) is 54.9 Å². The predicted octanol–water partition coefficient (Wildman–Crippen LogP) is 4.32. The van der Waals surface area contributed by atoms with E-state index < -0.39 is 0 Å². The summed E-state index contributed by atoms with van der Waals surface area (Å²) in [5.41, 5.74) is 3.97. The molecule has 0 aliphatic carbocycles. The minimum absolute atomic E-state index is 0.0156. The molecule has 7 nitrogen and oxygen atoms in total. The first-order chi connectivity index (χ1) is 15.6. The van der Waals surface area contributed by atoms with Crippen molar-refractivity contribution < 1.29 is 14.3 Å². The molecule has 4 rings (SSSR count). The molecule has 3 aromatic rings. The molecule has 2 aromatic carbocycles. The van der Waals surface area contributed by atoms with Crippen LogP contribution in [0.1, 0.15) is 18.4 Å². The fraction of sp³-hybridized carbons (Fsp3) is 0.320. The minimum atomic E-state index is -0.141. The van der Waals surface area contributed by atoms with E-state index in [0.29, 0.717) is 29.7 Å². The molecule has 1 fully saturated rings. The zero-order chi connectivity index (χ0) is 22.5. The van der Waals surface area contributed by atoms with Crippen LogP contribution in [0.25, 0.3) is 11.1 Å². The highest BCUT2D eigenvalue weighted by molar-refractivity contribution is 5.93. The Bertz CT molecular complexity index is 1070. The Labute approximate surface area is 188 Å². The number of amides is 1. The Hall–Kier alpha value is -3.61. The number of nitrogens with zero attached hydrogens (tertiary/aromatic N) is 3. The van der Waals surface area contributed by atoms with Gasteiger partial charge >= 0.3 is 0 Å². The Morgan fingerprint density at radius 1 is 1.00 bits per heavy atom. The molecule has 1 aliphatic rings. The van der Waals surface area contributed by atoms with Crippen LogP contribution in [-0.4, -0.2) is 43.2 Å². The van der Waals surface area contributed by atoms with Gasteiger partial charge in [0.25, 0.3) is 0 Å². The van der Waals surface area contributed by atoms with Gasteiger partial charge in [-0.2, -0.15) is 0 Å². The van der Waals surface area contributed by atoms with E-state index in [1.54, 1.807) is 26.4 Å². The zero-order valence-corrected chi connectivity index (χ0v) is 18.7. The lowest BCUT2D eigenvalue weighted by Crippen LogP contribution is -2.41. The second-order valence-electron chi connectivity index (χ2n) is 7.98. The molecule has 1 N–H and O–H groups in total. The first-order valence-electron chi connectivity index (χ1n) is 10.7. The number of anilines is 2. The number of piperidine rings is 1. The molecule has 2 heterocycles. The van der Waals surface area contributed by atoms with Gasteiger partial charge in [-0.15, -0.1) is 0 Å². The van der Waals surface area contributed by atoms with E-state index in [1.165, 1.54) is 5.56 Å². The molecule has 1 amide bonds. The first-order valence-corrected chi connectivity index (χ1v) is 10.7. The van der Waals surface area contributed by atoms with Crippen molar-refractivity contribution >= 4 is 17.5 Å². The standard InChI is InChI=1S/C25H28N4O3/c1-17-6-8-18(9-7-17)20-14-26-25(27-15-20)29-12-4-5-19(16-29)24(30)28-21-10-11-22(31-2)23(13-21)32-3/h6-11,13-15,19H,4-5,12,16H2,1-3H3,(H,28,30). The monoisotopic (exact) mass is 432 g/mol. The topological polar surface area (TPSA) is 76.6 Å². The number of aryl methyl sites for hydroxylation is 1. The molecular formula is C25H28N4O3. The van der Waals surface area contributed by atoms with Crippen molar-refractivity contribution in [2.24, 2.45) is 5.92 Å². The molecule has 1 saturated heterocycles. The Kier molecular flexibility index (Phi) is 6.54. The molecule has 1 aliphatic heterocycles. The third-order valence-corrected chi connectivity index (χ3v) is 5.75. The normalized spacial score (nSPS) is 15.8. The maximum absolute atomic E-state index is 12.9. The number of benzene rings is 2. The van der Waals surface area contributed by atoms with Crippen LogP contribution in [0.4, 0.5) is 11.6 Å². The molecule has 32 heavy (non-hydrogen) atoms. The number of carbonyl (C=O) groups excluding carboxylic acids is 1. The Morgan fingerprint density at radius 3 is 2.41 bits per heavy atom. The number of aromatic nitrogens is 2. The molecule has 0 spiro atoms. The van der Waals surface area contributed by atoms with Gasteiger partial charge in [0.15, 0.2) is 11.5 Å². The molecule has 1 atom stereocenters. The first kappa shape index (κ1) is 21.6. The van der Waals surface area contributed by atoms with Crippen molar-refractivity contribution in [2.45, 2.75) is 19.8 Å². The number of rotatable bonds is 6. The van der Waals surface area contributed by atoms with Gasteiger partial charge in [-0.1, -0.05) is 29.8 Å². The number of carbonyl (C=O) groups is 1. The fourth-order valence-corrected chi connectivity index (χ4v) is 3.91. The van der Waals surface area contributed by atoms with Gasteiger partial charge in [-0.05, 0) is 37.5 Å². The molecular weight excluding hydrogens is 404 g/mol. The van der Waals surface area contributed by atoms with E-state index in [1.807, 2.05) is 18.5 Å². The van der Waals surface area contributed by atoms with Crippen LogP contribution >= 0.6 is 0 Å². The van der Waals surface area contributed by atoms with E-state index in [2.05, 4.69) is 51.4 Å². The summed E-state index contributed by atoms with van der Waals surface area (Å²) < 4.78 is 10.6. The molecule has 0 radical (unpaired) electrons. The van der Waals surface area contributed by atoms with Gasteiger partial charge in [0.05, 0.1) is 20.1 Å². The van der Waals surface area contributed by atoms with Crippen LogP contribution in [0.2, 0.25) is 0 Å². The third-order valence-electron chi connectivity index (χ3n) is 5.75. The highest BCUT2D eigenvalue weighted by Gasteiger charge is 2.27. The largest absolute Gasteiger partial charge is 0.493 e. The molecule has 0 saturated carbocycles. The Balaban J connectivity index is 1.41. The molecule has 7 heteroatoms. The van der Waals surface area contributed by atoms with Crippen LogP contribution in [0, 0.1) is 12.8 Å². The summed E-state index contributed by atoms with van der Waals surface area (Å²) in [5.74, 6) is 1.71. The summed E-state index contributed by atoms with van der Waals surface area (Å²) in [7, 11) is 3.16. The zero-order valence-electron chi connectivity index (χ0n) is 18.7. The van der Waals surface area contributed by atoms with E-state index in [4.69, 9.17) is 9.47 Å². The lowest BCUT2D eigenvalue weighted by molar-refractivity contribution is -0.120. The van der Waals surface area contributed by atoms with Crippen LogP contribution < -0.4 is 19.7 Å². The number of hydrogen-bond acceptors (Lipinski definition) is 6. The highest BCUT2D eigenvalue weighted by atomic mass is 16.5. The van der Waals surface area contributed by atoms with Gasteiger partial charge in [0.1, 0.15) is 0 Å². The summed E-state index contributed by atoms with van der Waals surface area (Å²) >= 11 is 0. The number of methoxy groups -OCH3 is 2. The molecule has 1 aromatic heterocycles. The molecule has 166 valence electrons. The lowest BCUT2D eigenvalue weighted by Gasteiger charge is -2.32. The summed E-state index contributed by atoms with van der Waals surface area (Å²) in [6.07, 6.45) is 5.44. The van der Waals surface area contributed by atoms with Crippen LogP contribution in [-0.2, 0) is 4.79 Å². The van der Waals surface area contributed by atoms with Crippen molar-refractivity contribution in [1.82, 2.24) is 9.97 Å². The van der Waals surface area contributed by atoms with Gasteiger partial charge in [0, 0.05) is 42.8 Å². The smallest absolute Gasteiger partial charge is 0.229 e. The van der Waals surface area contributed by atoms with E-state index in [-0.39, 0.29) is 11.8 Å². The number of ether oxygens (including phenoxy) is 2. The SMILES string of the molecule is COc1ccc(NC(=O)C2CCCN(c3ncc(-c4ccc(C)cc4)cn3)C2)cc1OC. The van der Waals surface area contributed by atoms with Crippen molar-refractivity contribution in [2.75, 3.05) is 37.5 Å². The fourth-order valence-electron chi connectivity index (χ4n) is 3.91. The average Bonchev–Trinajstić information content (AvgIpc) is 2.84. The second kappa shape index (κ2) is 9.68. The second-order valence-corrected chi connectivity index (χ2v) is 7.98. The van der Waals surface area contributed by atoms with Crippen molar-refractivity contribution in [3.63, 3.8) is 0 Å². The summed E-state index contributed by atoms with van der Waals surface area (Å²) in [5, 5.41) is 3.00. The maximum atomic E-state index is 12.9. The molecule has 1 unspecified atom stereocenters. The summed E-state index contributed by atoms with van der Waals surface area (Å²) in [6.45, 7) is 3.49. The van der Waals surface area contributed by atoms with Gasteiger partial charge < -0.3 is 19.7 Å². The van der Waals surface area contributed by atoms with E-state index >= 15 is 0 Å². The number of hydrogen-bond donors (Lipinski definition) is 1. The van der Waals surface area contributed by atoms with Gasteiger partial charge in [-0.3, -0.25) is 4.79 Å². The quantitative estimate of drug-likeness (QED) is 0.625. The minimum Gasteiger partial charge on any atom is -0.493 e. The summed E-state index contributed by atoms with van der Waals surface area (Å²) in [4.78, 5) is 24.1. The summed E-state index contributed by atoms with van der Waals surface area (Å²) in [6, 6.07) is 13.7. The lowest BCUT2D eigenvalue weighted by atomic mass is 9.97. The van der Waals surface area contributed by atoms with Gasteiger partial charge in [-0.25, -0.2) is 9.97 Å².